The third kappa shape index (κ3) is 23.2. The van der Waals surface area contributed by atoms with Crippen LogP contribution in [0.2, 0.25) is 54.4 Å². The van der Waals surface area contributed by atoms with E-state index < -0.39 is 109 Å². The number of allylic oxidation sites excluding steroid dienone is 7. The van der Waals surface area contributed by atoms with Crippen LogP contribution in [0.4, 0.5) is 0 Å². The zero-order chi connectivity index (χ0) is 61.2. The van der Waals surface area contributed by atoms with E-state index in [1.165, 1.54) is 27.9 Å². The van der Waals surface area contributed by atoms with Crippen LogP contribution in [0.3, 0.4) is 0 Å². The molecule has 19 heteroatoms. The molecule has 0 aromatic rings. The van der Waals surface area contributed by atoms with Gasteiger partial charge in [0, 0.05) is 69.7 Å². The number of esters is 3. The van der Waals surface area contributed by atoms with Gasteiger partial charge in [-0.25, -0.2) is 4.79 Å². The number of aliphatic hydroxyl groups excluding tert-OH is 1. The van der Waals surface area contributed by atoms with E-state index in [-0.39, 0.29) is 41.4 Å². The molecule has 2 N–H and O–H groups in total. The summed E-state index contributed by atoms with van der Waals surface area (Å²) in [6.07, 6.45) is 4.99. The van der Waals surface area contributed by atoms with Crippen LogP contribution < -0.4 is 0 Å². The van der Waals surface area contributed by atoms with Crippen LogP contribution in [0.15, 0.2) is 57.7 Å². The number of hydrogen-bond acceptors (Lipinski definition) is 15. The predicted octanol–water partition coefficient (Wildman–Crippen LogP) is 13.4. The molecule has 456 valence electrons. The first-order valence-electron chi connectivity index (χ1n) is 28.5. The van der Waals surface area contributed by atoms with Gasteiger partial charge in [-0.3, -0.25) is 14.4 Å². The number of halogens is 1. The Balaban J connectivity index is 3.74. The molecule has 0 aromatic heterocycles. The summed E-state index contributed by atoms with van der Waals surface area (Å²) < 4.78 is 58.0. The summed E-state index contributed by atoms with van der Waals surface area (Å²) in [5, 5.41) is 24.0. The Bertz CT molecular complexity index is 2110. The predicted molar refractivity (Wildman–Crippen MR) is 326 cm³/mol. The largest absolute Gasteiger partial charge is 0.516 e. The fraction of sp³-hybridized carbons (Fsp3) is 0.767. The third-order valence-corrected chi connectivity index (χ3v) is 30.6. The first-order valence-corrected chi connectivity index (χ1v) is 37.6. The molecule has 0 saturated carbocycles. The molecule has 0 bridgehead atoms. The Morgan fingerprint density at radius 2 is 1.32 bits per heavy atom. The van der Waals surface area contributed by atoms with Crippen LogP contribution in [0.25, 0.3) is 0 Å². The first kappa shape index (κ1) is 74.4. The highest BCUT2D eigenvalue weighted by atomic mass is 79.9. The molecular weight excluding hydrogens is 1120 g/mol. The lowest BCUT2D eigenvalue weighted by Crippen LogP contribution is -2.68. The zero-order valence-corrected chi connectivity index (χ0v) is 57.6. The zero-order valence-electron chi connectivity index (χ0n) is 53.1. The van der Waals surface area contributed by atoms with Gasteiger partial charge >= 0.3 is 23.9 Å². The average Bonchev–Trinajstić information content (AvgIpc) is 3.32. The number of methoxy groups -OCH3 is 2. The summed E-state index contributed by atoms with van der Waals surface area (Å²) in [6.45, 7) is 42.6. The van der Waals surface area contributed by atoms with Crippen LogP contribution in [0.5, 0.6) is 0 Å². The van der Waals surface area contributed by atoms with Gasteiger partial charge in [-0.1, -0.05) is 129 Å². The van der Waals surface area contributed by atoms with E-state index in [9.17, 15) is 29.4 Å². The summed E-state index contributed by atoms with van der Waals surface area (Å²) in [4.78, 5) is 52.1. The fourth-order valence-corrected chi connectivity index (χ4v) is 15.3. The van der Waals surface area contributed by atoms with Gasteiger partial charge in [0.25, 0.3) is 8.32 Å². The molecule has 1 heterocycles. The minimum atomic E-state index is -2.81. The number of carbonyl (C=O) groups is 4. The van der Waals surface area contributed by atoms with Crippen molar-refractivity contribution in [1.82, 2.24) is 0 Å². The molecule has 0 aliphatic carbocycles. The lowest BCUT2D eigenvalue weighted by molar-refractivity contribution is -0.362. The third-order valence-electron chi connectivity index (χ3n) is 16.6. The Hall–Kier alpha value is -2.57. The van der Waals surface area contributed by atoms with E-state index in [1.54, 1.807) is 27.0 Å². The second-order valence-electron chi connectivity index (χ2n) is 25.1. The SMILES string of the molecule is CC[Si](CC)(CC)OC(=O)/C(C)=C/C(C)=C/C(Br)=C/[C@@H](C)[C@H](O)/C=C/C(C)=C/CC[C@H](OC(C)=O)[C@H](C[C@H](O[Si](C)(C)C(C)(C)C)[C@@H](OC(C)=O)[C@]1(O)O[C@H](C[C@H](COC)O[Si](C)(C)C(C)(C)C)[C@H](C)[C@H](OC(C)=O)[C@H]1C)OC. The molecule has 1 fully saturated rings. The lowest BCUT2D eigenvalue weighted by atomic mass is 9.76. The quantitative estimate of drug-likeness (QED) is 0.0219. The van der Waals surface area contributed by atoms with Crippen molar-refractivity contribution in [1.29, 1.82) is 0 Å². The molecule has 0 spiro atoms. The lowest BCUT2D eigenvalue weighted by Gasteiger charge is -2.54. The maximum atomic E-state index is 13.4. The van der Waals surface area contributed by atoms with Crippen LogP contribution in [0, 0.1) is 17.8 Å². The highest BCUT2D eigenvalue weighted by Gasteiger charge is 2.61. The molecule has 1 saturated heterocycles. The molecule has 12 atom stereocenters. The van der Waals surface area contributed by atoms with Crippen molar-refractivity contribution in [2.75, 3.05) is 20.8 Å². The Morgan fingerprint density at radius 3 is 1.80 bits per heavy atom. The topological polar surface area (TPSA) is 192 Å². The van der Waals surface area contributed by atoms with E-state index in [4.69, 9.17) is 41.7 Å². The van der Waals surface area contributed by atoms with Crippen molar-refractivity contribution in [2.24, 2.45) is 17.8 Å². The van der Waals surface area contributed by atoms with E-state index in [2.05, 4.69) is 104 Å². The van der Waals surface area contributed by atoms with E-state index >= 15 is 0 Å². The van der Waals surface area contributed by atoms with Crippen molar-refractivity contribution in [3.05, 3.63) is 57.7 Å². The standard InChI is InChI=1S/C60H107BrO15Si3/c1-25-79(26-2,27-3)76-57(66)42(7)33-40(5)34-48(61)35-41(6)50(65)32-31-39(4)29-28-30-51(70-45(10)62)53(69-20)37-54(75-78(23,24)59(16,17)18)56(72-47(12)64)60(67)44(9)55(71-46(11)63)43(8)52(73-60)36-49(38-68-19)74-77(21,22)58(13,14)15/h29,31-35,41,43-44,49-56,65,67H,25-28,30,36-38H2,1-24H3/b32-31+,39-29+,40-34+,42-33+,48-35-/t41-,43+,44-,49-,50-,51+,52-,53+,54+,55+,56-,60-/m1/s1. The molecule has 15 nitrogen and oxygen atoms in total. The maximum absolute atomic E-state index is 13.4. The summed E-state index contributed by atoms with van der Waals surface area (Å²) in [5.41, 5.74) is 2.26. The van der Waals surface area contributed by atoms with Gasteiger partial charge in [0.05, 0.1) is 43.0 Å². The molecule has 0 aromatic carbocycles. The van der Waals surface area contributed by atoms with Crippen LogP contribution >= 0.6 is 15.9 Å². The van der Waals surface area contributed by atoms with Gasteiger partial charge in [0.15, 0.2) is 22.7 Å². The van der Waals surface area contributed by atoms with Gasteiger partial charge in [0.1, 0.15) is 12.2 Å². The number of rotatable bonds is 31. The summed E-state index contributed by atoms with van der Waals surface area (Å²) in [6, 6.07) is 2.65. The van der Waals surface area contributed by atoms with Crippen LogP contribution in [0.1, 0.15) is 150 Å². The fourth-order valence-electron chi connectivity index (χ4n) is 9.36. The molecule has 79 heavy (non-hydrogen) atoms. The van der Waals surface area contributed by atoms with Crippen molar-refractivity contribution in [3.8, 4) is 0 Å². The van der Waals surface area contributed by atoms with Crippen molar-refractivity contribution in [2.45, 2.75) is 259 Å². The minimum absolute atomic E-state index is 0.0116. The van der Waals surface area contributed by atoms with Gasteiger partial charge in [-0.05, 0) is 106 Å². The summed E-state index contributed by atoms with van der Waals surface area (Å²) >= 11 is 3.62. The Morgan fingerprint density at radius 1 is 0.772 bits per heavy atom. The molecular formula is C60H107BrO15Si3. The van der Waals surface area contributed by atoms with Crippen molar-refractivity contribution in [3.63, 3.8) is 0 Å². The molecule has 0 unspecified atom stereocenters. The molecule has 1 rings (SSSR count). The maximum Gasteiger partial charge on any atom is 0.320 e. The molecule has 0 amide bonds. The van der Waals surface area contributed by atoms with Crippen LogP contribution in [-0.4, -0.2) is 134 Å². The monoisotopic (exact) mass is 1230 g/mol. The average molecular weight is 1230 g/mol. The van der Waals surface area contributed by atoms with Gasteiger partial charge in [0.2, 0.25) is 5.79 Å². The van der Waals surface area contributed by atoms with Crippen LogP contribution in [-0.2, 0) is 60.9 Å². The van der Waals surface area contributed by atoms with Gasteiger partial charge in [-0.15, -0.1) is 0 Å². The second-order valence-corrected chi connectivity index (χ2v) is 40.2. The number of ether oxygens (including phenoxy) is 6. The van der Waals surface area contributed by atoms with Crippen molar-refractivity contribution < 1.29 is 71.1 Å². The normalized spacial score (nSPS) is 23.3. The highest BCUT2D eigenvalue weighted by molar-refractivity contribution is 9.11. The molecule has 1 aliphatic heterocycles. The molecule has 0 radical (unpaired) electrons. The van der Waals surface area contributed by atoms with E-state index in [1.807, 2.05) is 58.1 Å². The minimum Gasteiger partial charge on any atom is -0.516 e. The summed E-state index contributed by atoms with van der Waals surface area (Å²) in [7, 11) is -4.14. The van der Waals surface area contributed by atoms with Gasteiger partial charge in [-0.2, -0.15) is 0 Å². The molecule has 1 aliphatic rings. The van der Waals surface area contributed by atoms with E-state index in [0.717, 1.165) is 33.8 Å². The number of carbonyl (C=O) groups excluding carboxylic acids is 4. The highest BCUT2D eigenvalue weighted by Crippen LogP contribution is 2.47. The number of aliphatic hydroxyl groups is 2. The number of hydrogen-bond donors (Lipinski definition) is 2. The summed E-state index contributed by atoms with van der Waals surface area (Å²) in [5.74, 6) is -6.01. The van der Waals surface area contributed by atoms with E-state index in [0.29, 0.717) is 18.4 Å². The smallest absolute Gasteiger partial charge is 0.320 e. The Kier molecular flexibility index (Phi) is 30.6. The second kappa shape index (κ2) is 32.5. The Labute approximate surface area is 488 Å². The first-order chi connectivity index (χ1) is 36.2. The van der Waals surface area contributed by atoms with Gasteiger partial charge < -0.3 is 51.9 Å². The van der Waals surface area contributed by atoms with Crippen molar-refractivity contribution >= 4 is 64.8 Å².